The zero-order chi connectivity index (χ0) is 26.8. The monoisotopic (exact) mass is 496 g/mol. The van der Waals surface area contributed by atoms with E-state index >= 15 is 0 Å². The molecule has 10 heteroatoms. The molecule has 0 spiro atoms. The number of amides is 2. The Bertz CT molecular complexity index is 784. The molecule has 0 bridgehead atoms. The molecule has 1 rings (SSSR count). The maximum absolute atomic E-state index is 13.4. The zero-order valence-corrected chi connectivity index (χ0v) is 22.6. The second-order valence-electron chi connectivity index (χ2n) is 10.3. The molecule has 35 heavy (non-hydrogen) atoms. The van der Waals surface area contributed by atoms with Gasteiger partial charge in [-0.2, -0.15) is 0 Å². The van der Waals surface area contributed by atoms with Gasteiger partial charge in [0.2, 0.25) is 0 Å². The first-order valence-corrected chi connectivity index (χ1v) is 12.2. The van der Waals surface area contributed by atoms with Crippen molar-refractivity contribution in [2.75, 3.05) is 46.9 Å². The van der Waals surface area contributed by atoms with Gasteiger partial charge in [0.1, 0.15) is 13.2 Å². The number of ketones is 2. The minimum atomic E-state index is -1.06. The van der Waals surface area contributed by atoms with E-state index in [9.17, 15) is 19.2 Å². The summed E-state index contributed by atoms with van der Waals surface area (Å²) < 4.78 is 10.4. The normalized spacial score (nSPS) is 27.7. The third kappa shape index (κ3) is 9.60. The van der Waals surface area contributed by atoms with Gasteiger partial charge in [0.15, 0.2) is 11.6 Å². The van der Waals surface area contributed by atoms with E-state index in [-0.39, 0.29) is 49.8 Å². The molecule has 1 heterocycles. The number of cyclic esters (lactones) is 2. The van der Waals surface area contributed by atoms with E-state index in [0.717, 1.165) is 0 Å². The average molecular weight is 497 g/mol. The number of carbonyl (C=O) groups excluding carboxylic acids is 4. The molecule has 0 aliphatic carbocycles. The van der Waals surface area contributed by atoms with E-state index in [1.165, 1.54) is 9.80 Å². The Morgan fingerprint density at radius 2 is 1.54 bits per heavy atom. The third-order valence-corrected chi connectivity index (χ3v) is 6.05. The van der Waals surface area contributed by atoms with Gasteiger partial charge in [0.25, 0.3) is 0 Å². The van der Waals surface area contributed by atoms with Crippen LogP contribution in [0.4, 0.5) is 9.59 Å². The predicted octanol–water partition coefficient (Wildman–Crippen LogP) is 2.37. The smallest absolute Gasteiger partial charge is 0.409 e. The number of ether oxygens (including phenoxy) is 2. The summed E-state index contributed by atoms with van der Waals surface area (Å²) in [6.07, 6.45) is 3.11. The van der Waals surface area contributed by atoms with Gasteiger partial charge < -0.3 is 24.6 Å². The van der Waals surface area contributed by atoms with Gasteiger partial charge in [-0.25, -0.2) is 9.59 Å². The van der Waals surface area contributed by atoms with Crippen molar-refractivity contribution in [3.63, 3.8) is 0 Å². The molecule has 0 aromatic carbocycles. The zero-order valence-electron chi connectivity index (χ0n) is 22.6. The highest BCUT2D eigenvalue weighted by Gasteiger charge is 2.39. The maximum atomic E-state index is 13.4. The van der Waals surface area contributed by atoms with Crippen LogP contribution in [0, 0.1) is 5.92 Å². The molecule has 0 aromatic rings. The Labute approximate surface area is 209 Å². The fraction of sp³-hybridized carbons (Fsp3) is 0.760. The summed E-state index contributed by atoms with van der Waals surface area (Å²) in [4.78, 5) is 54.0. The molecule has 0 radical (unpaired) electrons. The Morgan fingerprint density at radius 1 is 1.00 bits per heavy atom. The lowest BCUT2D eigenvalue weighted by molar-refractivity contribution is -0.129. The lowest BCUT2D eigenvalue weighted by Crippen LogP contribution is -2.63. The standard InChI is InChI=1S/C25H44N4O6/c1-18(2)21(31)24(5)12-11-13-28(7)22(32)34-14-9-10-15-35-23(33)29(8)17-25(6,27-19(3)4)20(30)16-26-24/h9-10,18-19,26-27H,11-17H2,1-8H3/b10-9+/t24-,25-/m1/s1. The Morgan fingerprint density at radius 3 is 2.06 bits per heavy atom. The second-order valence-corrected chi connectivity index (χ2v) is 10.3. The van der Waals surface area contributed by atoms with Gasteiger partial charge in [0, 0.05) is 39.1 Å². The van der Waals surface area contributed by atoms with Crippen molar-refractivity contribution in [3.05, 3.63) is 12.2 Å². The quantitative estimate of drug-likeness (QED) is 0.570. The van der Waals surface area contributed by atoms with Gasteiger partial charge in [0.05, 0.1) is 17.6 Å². The number of Topliss-reactive ketones (excluding diaryl/α,β-unsaturated/α-hetero) is 2. The molecule has 0 unspecified atom stereocenters. The minimum absolute atomic E-state index is 0.00854. The summed E-state index contributed by atoms with van der Waals surface area (Å²) in [7, 11) is 3.20. The molecule has 2 N–H and O–H groups in total. The van der Waals surface area contributed by atoms with Gasteiger partial charge in [-0.3, -0.25) is 14.9 Å². The van der Waals surface area contributed by atoms with Crippen LogP contribution in [-0.4, -0.2) is 97.6 Å². The summed E-state index contributed by atoms with van der Waals surface area (Å²) in [5, 5.41) is 6.48. The van der Waals surface area contributed by atoms with Crippen molar-refractivity contribution >= 4 is 23.8 Å². The lowest BCUT2D eigenvalue weighted by atomic mass is 9.84. The highest BCUT2D eigenvalue weighted by molar-refractivity contribution is 5.93. The number of hydrogen-bond donors (Lipinski definition) is 2. The summed E-state index contributed by atoms with van der Waals surface area (Å²) >= 11 is 0. The highest BCUT2D eigenvalue weighted by Crippen LogP contribution is 2.20. The molecule has 0 saturated carbocycles. The Balaban J connectivity index is 3.22. The number of likely N-dealkylation sites (N-methyl/N-ethyl adjacent to an activating group) is 1. The number of nitrogens with one attached hydrogen (secondary N) is 2. The fourth-order valence-corrected chi connectivity index (χ4v) is 4.15. The van der Waals surface area contributed by atoms with Gasteiger partial charge >= 0.3 is 12.2 Å². The van der Waals surface area contributed by atoms with Gasteiger partial charge in [-0.15, -0.1) is 0 Å². The molecular weight excluding hydrogens is 452 g/mol. The lowest BCUT2D eigenvalue weighted by Gasteiger charge is -2.37. The van der Waals surface area contributed by atoms with Crippen LogP contribution in [0.3, 0.4) is 0 Å². The molecule has 10 nitrogen and oxygen atoms in total. The number of nitrogens with zero attached hydrogens (tertiary/aromatic N) is 2. The summed E-state index contributed by atoms with van der Waals surface area (Å²) in [6.45, 7) is 11.5. The van der Waals surface area contributed by atoms with Crippen LogP contribution in [0.1, 0.15) is 54.4 Å². The van der Waals surface area contributed by atoms with Crippen LogP contribution in [0.15, 0.2) is 12.2 Å². The largest absolute Gasteiger partial charge is 0.445 e. The SMILES string of the molecule is CC(C)N[C@]1(C)CN(C)C(=O)OC/C=C/COC(=O)N(C)CCC[C@](C)(C(=O)C(C)C)NCC1=O. The predicted molar refractivity (Wildman–Crippen MR) is 134 cm³/mol. The molecule has 200 valence electrons. The molecule has 1 aliphatic rings. The van der Waals surface area contributed by atoms with Crippen molar-refractivity contribution in [2.45, 2.75) is 71.5 Å². The van der Waals surface area contributed by atoms with Crippen LogP contribution in [0.2, 0.25) is 0 Å². The average Bonchev–Trinajstić information content (AvgIpc) is 2.77. The van der Waals surface area contributed by atoms with E-state index in [0.29, 0.717) is 19.4 Å². The molecule has 2 amide bonds. The van der Waals surface area contributed by atoms with Crippen molar-refractivity contribution in [1.82, 2.24) is 20.4 Å². The Hall–Kier alpha value is -2.46. The van der Waals surface area contributed by atoms with E-state index in [2.05, 4.69) is 10.6 Å². The second kappa shape index (κ2) is 13.6. The maximum Gasteiger partial charge on any atom is 0.409 e. The molecule has 1 aliphatic heterocycles. The van der Waals surface area contributed by atoms with Crippen molar-refractivity contribution in [2.24, 2.45) is 5.92 Å². The Kier molecular flexibility index (Phi) is 11.9. The van der Waals surface area contributed by atoms with E-state index in [4.69, 9.17) is 9.47 Å². The van der Waals surface area contributed by atoms with E-state index in [1.54, 1.807) is 40.1 Å². The van der Waals surface area contributed by atoms with Gasteiger partial charge in [-0.1, -0.05) is 13.8 Å². The molecule has 0 fully saturated rings. The van der Waals surface area contributed by atoms with Crippen LogP contribution < -0.4 is 10.6 Å². The number of hydrogen-bond acceptors (Lipinski definition) is 8. The van der Waals surface area contributed by atoms with Crippen LogP contribution in [-0.2, 0) is 19.1 Å². The topological polar surface area (TPSA) is 117 Å². The van der Waals surface area contributed by atoms with Crippen LogP contribution >= 0.6 is 0 Å². The number of carbonyl (C=O) groups is 4. The third-order valence-electron chi connectivity index (χ3n) is 6.05. The molecule has 2 atom stereocenters. The van der Waals surface area contributed by atoms with Crippen LogP contribution in [0.5, 0.6) is 0 Å². The van der Waals surface area contributed by atoms with E-state index in [1.807, 2.05) is 27.7 Å². The summed E-state index contributed by atoms with van der Waals surface area (Å²) in [5.74, 6) is -0.419. The first kappa shape index (κ1) is 30.6. The highest BCUT2D eigenvalue weighted by atomic mass is 16.6. The fourth-order valence-electron chi connectivity index (χ4n) is 4.15. The number of rotatable bonds is 4. The molecule has 0 saturated heterocycles. The first-order valence-electron chi connectivity index (χ1n) is 12.2. The van der Waals surface area contributed by atoms with Gasteiger partial charge in [-0.05, 0) is 52.7 Å². The van der Waals surface area contributed by atoms with E-state index < -0.39 is 23.3 Å². The molecular formula is C25H44N4O6. The molecule has 0 aromatic heterocycles. The summed E-state index contributed by atoms with van der Waals surface area (Å²) in [6, 6.07) is -0.0188. The minimum Gasteiger partial charge on any atom is -0.445 e. The van der Waals surface area contributed by atoms with Crippen molar-refractivity contribution < 1.29 is 28.7 Å². The first-order chi connectivity index (χ1) is 16.2. The van der Waals surface area contributed by atoms with Crippen LogP contribution in [0.25, 0.3) is 0 Å². The summed E-state index contributed by atoms with van der Waals surface area (Å²) in [5.41, 5.74) is -2.01. The van der Waals surface area contributed by atoms with Crippen molar-refractivity contribution in [3.8, 4) is 0 Å². The van der Waals surface area contributed by atoms with Crippen molar-refractivity contribution in [1.29, 1.82) is 0 Å².